The van der Waals surface area contributed by atoms with E-state index in [1.165, 1.54) is 12.1 Å². The fourth-order valence-corrected chi connectivity index (χ4v) is 3.70. The highest BCUT2D eigenvalue weighted by Crippen LogP contribution is 2.28. The third kappa shape index (κ3) is 3.74. The molecule has 0 aliphatic carbocycles. The van der Waals surface area contributed by atoms with Crippen LogP contribution in [-0.4, -0.2) is 15.5 Å². The third-order valence-corrected chi connectivity index (χ3v) is 4.98. The summed E-state index contributed by atoms with van der Waals surface area (Å²) in [5.41, 5.74) is 2.61. The largest absolute Gasteiger partial charge is 0.327 e. The molecule has 4 nitrogen and oxygen atoms in total. The molecule has 6 heteroatoms. The van der Waals surface area contributed by atoms with Crippen molar-refractivity contribution in [2.24, 2.45) is 0 Å². The number of anilines is 1. The van der Waals surface area contributed by atoms with Gasteiger partial charge in [-0.1, -0.05) is 36.2 Å². The minimum Gasteiger partial charge on any atom is -0.327 e. The lowest BCUT2D eigenvalue weighted by molar-refractivity contribution is 0.102. The minimum absolute atomic E-state index is 0.273. The molecular weight excluding hydrogens is 365 g/mol. The lowest BCUT2D eigenvalue weighted by Crippen LogP contribution is -2.15. The molecule has 0 saturated heterocycles. The fourth-order valence-electron chi connectivity index (χ4n) is 3.51. The average Bonchev–Trinajstić information content (AvgIpc) is 2.83. The van der Waals surface area contributed by atoms with E-state index in [2.05, 4.69) is 14.9 Å². The second-order valence-electron chi connectivity index (χ2n) is 6.67. The number of hydrogen-bond acceptors (Lipinski definition) is 2. The zero-order chi connectivity index (χ0) is 18.8. The van der Waals surface area contributed by atoms with Crippen molar-refractivity contribution in [3.8, 4) is 11.4 Å². The Morgan fingerprint density at radius 2 is 1.96 bits per heavy atom. The van der Waals surface area contributed by atoms with E-state index in [4.69, 9.17) is 11.6 Å². The molecule has 0 spiro atoms. The van der Waals surface area contributed by atoms with Crippen LogP contribution in [0.5, 0.6) is 0 Å². The smallest absolute Gasteiger partial charge is 0.276 e. The number of hydrogen-bond donors (Lipinski definition) is 1. The fraction of sp³-hybridized carbons (Fsp3) is 0.238. The van der Waals surface area contributed by atoms with E-state index in [0.717, 1.165) is 37.9 Å². The molecule has 1 N–H and O–H groups in total. The van der Waals surface area contributed by atoms with Gasteiger partial charge < -0.3 is 9.88 Å². The van der Waals surface area contributed by atoms with Gasteiger partial charge in [-0.2, -0.15) is 0 Å². The number of rotatable bonds is 3. The van der Waals surface area contributed by atoms with Crippen molar-refractivity contribution in [3.63, 3.8) is 0 Å². The van der Waals surface area contributed by atoms with Gasteiger partial charge in [0.05, 0.1) is 5.69 Å². The van der Waals surface area contributed by atoms with Crippen LogP contribution in [0, 0.1) is 5.82 Å². The number of fused-ring (bicyclic) bond motifs is 1. The number of halogens is 2. The average molecular weight is 384 g/mol. The maximum atomic E-state index is 13.7. The Morgan fingerprint density at radius 1 is 1.11 bits per heavy atom. The molecule has 0 atom stereocenters. The number of amides is 1. The van der Waals surface area contributed by atoms with Gasteiger partial charge in [-0.25, -0.2) is 9.37 Å². The molecule has 0 saturated carbocycles. The summed E-state index contributed by atoms with van der Waals surface area (Å²) < 4.78 is 15.8. The van der Waals surface area contributed by atoms with Crippen LogP contribution in [-0.2, 0) is 13.0 Å². The van der Waals surface area contributed by atoms with Gasteiger partial charge in [-0.05, 0) is 49.6 Å². The van der Waals surface area contributed by atoms with Crippen LogP contribution in [0.3, 0.4) is 0 Å². The van der Waals surface area contributed by atoms with Gasteiger partial charge in [-0.15, -0.1) is 0 Å². The SMILES string of the molecule is O=C(Nc1cccc(Cl)c1)c1nc(-c2cccc(F)c2)n2c1CCCCC2. The highest BCUT2D eigenvalue weighted by atomic mass is 35.5. The maximum Gasteiger partial charge on any atom is 0.276 e. The standard InChI is InChI=1S/C21H19ClFN3O/c22-15-7-5-9-17(13-15)24-21(27)19-18-10-2-1-3-11-26(18)20(25-19)14-6-4-8-16(23)12-14/h4-9,12-13H,1-3,10-11H2,(H,24,27). The van der Waals surface area contributed by atoms with E-state index in [0.29, 0.717) is 27.8 Å². The zero-order valence-corrected chi connectivity index (χ0v) is 15.5. The van der Waals surface area contributed by atoms with E-state index in [1.54, 1.807) is 30.3 Å². The van der Waals surface area contributed by atoms with Crippen LogP contribution in [0.2, 0.25) is 5.02 Å². The Bertz CT molecular complexity index is 999. The molecule has 27 heavy (non-hydrogen) atoms. The first-order chi connectivity index (χ1) is 13.1. The van der Waals surface area contributed by atoms with Gasteiger partial charge in [0, 0.05) is 22.8 Å². The van der Waals surface area contributed by atoms with E-state index < -0.39 is 0 Å². The Morgan fingerprint density at radius 3 is 2.78 bits per heavy atom. The third-order valence-electron chi connectivity index (χ3n) is 4.75. The van der Waals surface area contributed by atoms with Gasteiger partial charge >= 0.3 is 0 Å². The van der Waals surface area contributed by atoms with Crippen LogP contribution in [0.25, 0.3) is 11.4 Å². The molecule has 0 unspecified atom stereocenters. The second kappa shape index (κ2) is 7.53. The quantitative estimate of drug-likeness (QED) is 0.665. The molecule has 0 bridgehead atoms. The van der Waals surface area contributed by atoms with Crippen molar-refractivity contribution in [3.05, 3.63) is 70.8 Å². The van der Waals surface area contributed by atoms with Crippen molar-refractivity contribution in [2.45, 2.75) is 32.2 Å². The normalized spacial score (nSPS) is 13.7. The predicted octanol–water partition coefficient (Wildman–Crippen LogP) is 5.32. The Hall–Kier alpha value is -2.66. The van der Waals surface area contributed by atoms with Crippen molar-refractivity contribution < 1.29 is 9.18 Å². The molecule has 0 fully saturated rings. The minimum atomic E-state index is -0.316. The van der Waals surface area contributed by atoms with E-state index in [-0.39, 0.29) is 11.7 Å². The molecule has 1 aliphatic rings. The molecular formula is C21H19ClFN3O. The summed E-state index contributed by atoms with van der Waals surface area (Å²) in [4.78, 5) is 17.5. The van der Waals surface area contributed by atoms with Crippen LogP contribution in [0.4, 0.5) is 10.1 Å². The summed E-state index contributed by atoms with van der Waals surface area (Å²) in [6.07, 6.45) is 3.90. The van der Waals surface area contributed by atoms with Gasteiger partial charge in [-0.3, -0.25) is 4.79 Å². The van der Waals surface area contributed by atoms with Crippen molar-refractivity contribution in [2.75, 3.05) is 5.32 Å². The number of nitrogens with zero attached hydrogens (tertiary/aromatic N) is 2. The first-order valence-corrected chi connectivity index (χ1v) is 9.42. The summed E-state index contributed by atoms with van der Waals surface area (Å²) in [5, 5.41) is 3.43. The van der Waals surface area contributed by atoms with Crippen LogP contribution in [0.1, 0.15) is 35.4 Å². The molecule has 1 aromatic heterocycles. The highest BCUT2D eigenvalue weighted by Gasteiger charge is 2.24. The summed E-state index contributed by atoms with van der Waals surface area (Å²) in [7, 11) is 0. The van der Waals surface area contributed by atoms with Gasteiger partial charge in [0.2, 0.25) is 0 Å². The maximum absolute atomic E-state index is 13.7. The molecule has 2 heterocycles. The highest BCUT2D eigenvalue weighted by molar-refractivity contribution is 6.30. The monoisotopic (exact) mass is 383 g/mol. The first kappa shape index (κ1) is 17.7. The summed E-state index contributed by atoms with van der Waals surface area (Å²) in [6, 6.07) is 13.4. The molecule has 138 valence electrons. The Balaban J connectivity index is 1.75. The van der Waals surface area contributed by atoms with Crippen LogP contribution < -0.4 is 5.32 Å². The van der Waals surface area contributed by atoms with Crippen LogP contribution >= 0.6 is 11.6 Å². The lowest BCUT2D eigenvalue weighted by atomic mass is 10.1. The van der Waals surface area contributed by atoms with E-state index >= 15 is 0 Å². The van der Waals surface area contributed by atoms with Crippen LogP contribution in [0.15, 0.2) is 48.5 Å². The summed E-state index contributed by atoms with van der Waals surface area (Å²) in [6.45, 7) is 0.776. The number of aromatic nitrogens is 2. The predicted molar refractivity (Wildman–Crippen MR) is 105 cm³/mol. The molecule has 3 aromatic rings. The molecule has 4 rings (SSSR count). The van der Waals surface area contributed by atoms with Gasteiger partial charge in [0.25, 0.3) is 5.91 Å². The van der Waals surface area contributed by atoms with E-state index in [9.17, 15) is 9.18 Å². The van der Waals surface area contributed by atoms with E-state index in [1.807, 2.05) is 6.07 Å². The Kier molecular flexibility index (Phi) is 4.94. The number of imidazole rings is 1. The molecule has 0 radical (unpaired) electrons. The topological polar surface area (TPSA) is 46.9 Å². The van der Waals surface area contributed by atoms with Gasteiger partial charge in [0.15, 0.2) is 0 Å². The molecule has 1 amide bonds. The molecule has 2 aromatic carbocycles. The number of carbonyl (C=O) groups excluding carboxylic acids is 1. The van der Waals surface area contributed by atoms with Gasteiger partial charge in [0.1, 0.15) is 17.3 Å². The zero-order valence-electron chi connectivity index (χ0n) is 14.7. The van der Waals surface area contributed by atoms with Crippen molar-refractivity contribution in [1.82, 2.24) is 9.55 Å². The lowest BCUT2D eigenvalue weighted by Gasteiger charge is -2.09. The van der Waals surface area contributed by atoms with Crippen molar-refractivity contribution in [1.29, 1.82) is 0 Å². The summed E-state index contributed by atoms with van der Waals surface area (Å²) >= 11 is 6.00. The summed E-state index contributed by atoms with van der Waals surface area (Å²) in [5.74, 6) is 0.0524. The number of benzene rings is 2. The second-order valence-corrected chi connectivity index (χ2v) is 7.10. The number of nitrogens with one attached hydrogen (secondary N) is 1. The number of carbonyl (C=O) groups is 1. The van der Waals surface area contributed by atoms with Crippen molar-refractivity contribution >= 4 is 23.2 Å². The molecule has 1 aliphatic heterocycles. The first-order valence-electron chi connectivity index (χ1n) is 9.04. The Labute approximate surface area is 162 Å².